The van der Waals surface area contributed by atoms with Crippen molar-refractivity contribution in [2.75, 3.05) is 4.90 Å². The Labute approximate surface area is 539 Å². The van der Waals surface area contributed by atoms with Crippen LogP contribution < -0.4 is 4.90 Å². The highest BCUT2D eigenvalue weighted by molar-refractivity contribution is 6.40. The lowest BCUT2D eigenvalue weighted by Gasteiger charge is -2.38. The number of allylic oxidation sites excluding steroid dienone is 2. The maximum Gasteiger partial charge on any atom is 0.145 e. The minimum atomic E-state index is -0.0983. The van der Waals surface area contributed by atoms with E-state index in [2.05, 4.69) is 301 Å². The van der Waals surface area contributed by atoms with Crippen molar-refractivity contribution in [3.05, 3.63) is 315 Å². The Kier molecular flexibility index (Phi) is 11.4. The van der Waals surface area contributed by atoms with Gasteiger partial charge in [0.2, 0.25) is 0 Å². The van der Waals surface area contributed by atoms with Gasteiger partial charge in [-0.2, -0.15) is 0 Å². The van der Waals surface area contributed by atoms with Crippen LogP contribution in [0.15, 0.2) is 318 Å². The molecule has 6 nitrogen and oxygen atoms in total. The van der Waals surface area contributed by atoms with Gasteiger partial charge >= 0.3 is 0 Å². The SMILES string of the molecule is C1=CC2=Cc3cc(-c4ccccc4)ccc3N(c3cc4oc5c(-c6cccc(-c7cccnc7)n6)ccc6c7c(-c8ccc(-c9ccccc9)cc8)ccc8oc9c(-c%10nc%11ccccc%11c%11c(-c%12cccc%13ccccc%12%13)cccc%10%11)ccc(c(c3)c4c56)c9c87)C2C=C1. The molecule has 2 aliphatic rings. The third-order valence-corrected chi connectivity index (χ3v) is 19.7. The maximum absolute atomic E-state index is 7.70. The minimum Gasteiger partial charge on any atom is -0.455 e. The number of pyridine rings is 3. The molecule has 5 aromatic heterocycles. The Morgan fingerprint density at radius 2 is 1.03 bits per heavy atom. The van der Waals surface area contributed by atoms with E-state index in [9.17, 15) is 0 Å². The zero-order chi connectivity index (χ0) is 61.5. The number of rotatable bonds is 8. The van der Waals surface area contributed by atoms with E-state index in [1.165, 1.54) is 33.0 Å². The molecule has 0 saturated heterocycles. The molecule has 6 heterocycles. The molecule has 13 aromatic carbocycles. The smallest absolute Gasteiger partial charge is 0.145 e. The van der Waals surface area contributed by atoms with Gasteiger partial charge in [0.25, 0.3) is 0 Å². The average molecular weight is 1200 g/mol. The Hall–Kier alpha value is -12.5. The van der Waals surface area contributed by atoms with Gasteiger partial charge < -0.3 is 13.7 Å². The van der Waals surface area contributed by atoms with Crippen LogP contribution in [0.1, 0.15) is 5.56 Å². The molecule has 20 rings (SSSR count). The second-order valence-electron chi connectivity index (χ2n) is 24.8. The molecule has 0 fully saturated rings. The molecule has 1 unspecified atom stereocenters. The van der Waals surface area contributed by atoms with Gasteiger partial charge in [-0.25, -0.2) is 9.97 Å². The second-order valence-corrected chi connectivity index (χ2v) is 24.8. The highest BCUT2D eigenvalue weighted by atomic mass is 16.3. The van der Waals surface area contributed by atoms with Gasteiger partial charge in [0.05, 0.1) is 28.6 Å². The summed E-state index contributed by atoms with van der Waals surface area (Å²) in [6.07, 6.45) is 14.9. The largest absolute Gasteiger partial charge is 0.455 e. The van der Waals surface area contributed by atoms with Gasteiger partial charge in [-0.1, -0.05) is 218 Å². The molecule has 0 bridgehead atoms. The van der Waals surface area contributed by atoms with E-state index in [1.54, 1.807) is 6.20 Å². The quantitative estimate of drug-likeness (QED) is 0.141. The van der Waals surface area contributed by atoms with Crippen LogP contribution in [0.5, 0.6) is 0 Å². The normalized spacial score (nSPS) is 13.8. The Morgan fingerprint density at radius 3 is 1.90 bits per heavy atom. The fraction of sp³-hybridized carbons (Fsp3) is 0.0114. The van der Waals surface area contributed by atoms with E-state index in [4.69, 9.17) is 18.8 Å². The van der Waals surface area contributed by atoms with Crippen molar-refractivity contribution >= 4 is 115 Å². The van der Waals surface area contributed by atoms with E-state index in [-0.39, 0.29) is 6.04 Å². The summed E-state index contributed by atoms with van der Waals surface area (Å²) in [5, 5.41) is 13.9. The average Bonchev–Trinajstić information content (AvgIpc) is 1.50. The number of benzene rings is 12. The van der Waals surface area contributed by atoms with Gasteiger partial charge in [-0.15, -0.1) is 0 Å². The van der Waals surface area contributed by atoms with Crippen molar-refractivity contribution < 1.29 is 8.83 Å². The summed E-state index contributed by atoms with van der Waals surface area (Å²) in [6.45, 7) is 0. The van der Waals surface area contributed by atoms with Gasteiger partial charge in [0, 0.05) is 89.6 Å². The highest BCUT2D eigenvalue weighted by Gasteiger charge is 2.32. The topological polar surface area (TPSA) is 68.2 Å². The van der Waals surface area contributed by atoms with Crippen LogP contribution in [0.4, 0.5) is 11.4 Å². The number of hydrogen-bond donors (Lipinski definition) is 0. The zero-order valence-corrected chi connectivity index (χ0v) is 50.6. The summed E-state index contributed by atoms with van der Waals surface area (Å²) in [5.74, 6) is 0. The van der Waals surface area contributed by atoms with Crippen molar-refractivity contribution in [1.82, 2.24) is 15.0 Å². The summed E-state index contributed by atoms with van der Waals surface area (Å²) < 4.78 is 15.4. The first-order valence-electron chi connectivity index (χ1n) is 32.1. The number of hydrogen-bond acceptors (Lipinski definition) is 6. The summed E-state index contributed by atoms with van der Waals surface area (Å²) in [6, 6.07) is 96.2. The molecule has 1 atom stereocenters. The molecule has 0 N–H and O–H groups in total. The van der Waals surface area contributed by atoms with Gasteiger partial charge in [-0.05, 0) is 155 Å². The first kappa shape index (κ1) is 52.3. The lowest BCUT2D eigenvalue weighted by atomic mass is 9.87. The van der Waals surface area contributed by atoms with Gasteiger partial charge in [0.1, 0.15) is 22.3 Å². The molecular formula is C88H52N4O2. The van der Waals surface area contributed by atoms with Crippen molar-refractivity contribution in [3.8, 4) is 78.3 Å². The third-order valence-electron chi connectivity index (χ3n) is 19.7. The summed E-state index contributed by atoms with van der Waals surface area (Å²) >= 11 is 0. The molecular weight excluding hydrogens is 1140 g/mol. The Morgan fingerprint density at radius 1 is 0.362 bits per heavy atom. The summed E-state index contributed by atoms with van der Waals surface area (Å²) in [4.78, 5) is 18.1. The molecule has 1 aliphatic heterocycles. The van der Waals surface area contributed by atoms with Crippen molar-refractivity contribution in [1.29, 1.82) is 0 Å². The molecule has 0 saturated carbocycles. The van der Waals surface area contributed by atoms with E-state index in [0.29, 0.717) is 0 Å². The maximum atomic E-state index is 7.70. The molecule has 94 heavy (non-hydrogen) atoms. The van der Waals surface area contributed by atoms with Crippen LogP contribution in [0, 0.1) is 0 Å². The first-order valence-corrected chi connectivity index (χ1v) is 32.1. The van der Waals surface area contributed by atoms with Crippen LogP contribution in [0.3, 0.4) is 0 Å². The first-order chi connectivity index (χ1) is 46.6. The van der Waals surface area contributed by atoms with Gasteiger partial charge in [-0.3, -0.25) is 4.98 Å². The van der Waals surface area contributed by atoms with Crippen LogP contribution in [0.2, 0.25) is 0 Å². The van der Waals surface area contributed by atoms with Crippen LogP contribution in [-0.4, -0.2) is 21.0 Å². The van der Waals surface area contributed by atoms with E-state index in [0.717, 1.165) is 166 Å². The molecule has 18 aromatic rings. The molecule has 0 spiro atoms. The van der Waals surface area contributed by atoms with Crippen molar-refractivity contribution in [2.24, 2.45) is 0 Å². The summed E-state index contributed by atoms with van der Waals surface area (Å²) in [5.41, 5.74) is 22.8. The predicted molar refractivity (Wildman–Crippen MR) is 390 cm³/mol. The number of aromatic nitrogens is 3. The summed E-state index contributed by atoms with van der Waals surface area (Å²) in [7, 11) is 0. The number of nitrogens with zero attached hydrogens (tertiary/aromatic N) is 4. The predicted octanol–water partition coefficient (Wildman–Crippen LogP) is 23.6. The molecule has 436 valence electrons. The zero-order valence-electron chi connectivity index (χ0n) is 50.6. The van der Waals surface area contributed by atoms with Crippen LogP contribution in [0.25, 0.3) is 182 Å². The fourth-order valence-electron chi connectivity index (χ4n) is 15.5. The van der Waals surface area contributed by atoms with Gasteiger partial charge in [0.15, 0.2) is 0 Å². The second kappa shape index (κ2) is 20.5. The highest BCUT2D eigenvalue weighted by Crippen LogP contribution is 2.54. The standard InChI is InChI=1S/C88H52N4O2/c1-3-17-52(18-4-1)54-34-36-56(37-35-54)63-43-45-78-85-81(63)69-41-40-68(75-32-15-31-73(90-75)59-24-16-46-89-51-59)87-84(69)82-72(49-61(50-79(82)94-87)92-76-33-12-8-22-58(76)48-60-47-57(38-44-77(60)92)53-19-5-2-6-20-53)66-39-42-71(88(93-78)83(66)85)86-70-29-14-28-65(80(70)67-26-10-11-30-74(67)91-86)64-27-13-23-55-21-7-9-25-62(55)64/h1-51,76H. The van der Waals surface area contributed by atoms with Crippen LogP contribution >= 0.6 is 0 Å². The van der Waals surface area contributed by atoms with E-state index < -0.39 is 0 Å². The molecule has 6 heteroatoms. The fourth-order valence-corrected chi connectivity index (χ4v) is 15.5. The Balaban J connectivity index is 0.925. The molecule has 1 aliphatic carbocycles. The monoisotopic (exact) mass is 1200 g/mol. The minimum absolute atomic E-state index is 0.0983. The van der Waals surface area contributed by atoms with E-state index >= 15 is 0 Å². The number of anilines is 2. The Bertz CT molecular complexity index is 6270. The van der Waals surface area contributed by atoms with E-state index in [1.807, 2.05) is 12.3 Å². The van der Waals surface area contributed by atoms with Crippen LogP contribution in [-0.2, 0) is 0 Å². The van der Waals surface area contributed by atoms with Crippen molar-refractivity contribution in [2.45, 2.75) is 6.04 Å². The lowest BCUT2D eigenvalue weighted by molar-refractivity contribution is 0.669. The third kappa shape index (κ3) is 7.93. The molecule has 0 radical (unpaired) electrons. The number of fused-ring (bicyclic) bond motifs is 8. The number of furan rings is 2. The lowest BCUT2D eigenvalue weighted by Crippen LogP contribution is -2.34. The van der Waals surface area contributed by atoms with Crippen molar-refractivity contribution in [3.63, 3.8) is 0 Å². The molecule has 0 amide bonds. The number of para-hydroxylation sites is 1.